The van der Waals surface area contributed by atoms with E-state index in [1.165, 1.54) is 12.1 Å². The molecule has 31 heavy (non-hydrogen) atoms. The molecule has 2 aromatic rings. The second kappa shape index (κ2) is 7.96. The molecule has 0 aromatic heterocycles. The van der Waals surface area contributed by atoms with Crippen LogP contribution in [0, 0.1) is 11.7 Å². The Kier molecular flexibility index (Phi) is 5.14. The Labute approximate surface area is 181 Å². The standard InChI is InChI=1S/C24H27FN4O2/c1-26-23(30)17-3-2-15-9-11-29(24(31)27-21-14-28-10-8-18(21)13-28)22(20(15)12-17)16-4-6-19(25)7-5-16/h2-7,12,18,21-22H,8-11,13-14H2,1H3,(H,26,30)(H,27,31)/t18?,21-,22+/m1/s1. The minimum atomic E-state index is -0.368. The van der Waals surface area contributed by atoms with Gasteiger partial charge in [0.15, 0.2) is 0 Å². The van der Waals surface area contributed by atoms with E-state index in [2.05, 4.69) is 15.5 Å². The minimum Gasteiger partial charge on any atom is -0.355 e. The summed E-state index contributed by atoms with van der Waals surface area (Å²) in [6, 6.07) is 11.7. The van der Waals surface area contributed by atoms with Crippen molar-refractivity contribution in [3.8, 4) is 0 Å². The molecule has 7 heteroatoms. The van der Waals surface area contributed by atoms with Gasteiger partial charge in [-0.1, -0.05) is 18.2 Å². The molecule has 0 spiro atoms. The van der Waals surface area contributed by atoms with Crippen LogP contribution >= 0.6 is 0 Å². The third-order valence-corrected chi connectivity index (χ3v) is 6.95. The average Bonchev–Trinajstić information content (AvgIpc) is 3.41. The van der Waals surface area contributed by atoms with E-state index in [0.29, 0.717) is 24.4 Å². The maximum atomic E-state index is 13.6. The molecule has 3 aliphatic heterocycles. The van der Waals surface area contributed by atoms with Crippen molar-refractivity contribution < 1.29 is 14.0 Å². The van der Waals surface area contributed by atoms with Crippen molar-refractivity contribution in [3.05, 3.63) is 70.5 Å². The normalized spacial score (nSPS) is 26.5. The SMILES string of the molecule is CNC(=O)c1ccc2c(c1)[C@H](c1ccc(F)cc1)N(C(=O)N[C@@H]1CN3CCC1C3)CC2. The molecule has 3 aliphatic rings. The van der Waals surface area contributed by atoms with Crippen LogP contribution < -0.4 is 10.6 Å². The van der Waals surface area contributed by atoms with Gasteiger partial charge in [-0.25, -0.2) is 9.18 Å². The average molecular weight is 423 g/mol. The number of benzene rings is 2. The molecule has 4 atom stereocenters. The number of rotatable bonds is 3. The maximum absolute atomic E-state index is 13.6. The lowest BCUT2D eigenvalue weighted by molar-refractivity contribution is 0.0963. The van der Waals surface area contributed by atoms with Crippen molar-refractivity contribution >= 4 is 11.9 Å². The number of nitrogens with zero attached hydrogens (tertiary/aromatic N) is 2. The van der Waals surface area contributed by atoms with E-state index in [-0.39, 0.29) is 29.8 Å². The number of nitrogens with one attached hydrogen (secondary N) is 2. The van der Waals surface area contributed by atoms with E-state index in [0.717, 1.165) is 42.7 Å². The molecule has 0 saturated carbocycles. The fourth-order valence-corrected chi connectivity index (χ4v) is 5.31. The summed E-state index contributed by atoms with van der Waals surface area (Å²) in [7, 11) is 1.60. The largest absolute Gasteiger partial charge is 0.355 e. The number of piperidine rings is 1. The molecule has 2 aromatic carbocycles. The predicted molar refractivity (Wildman–Crippen MR) is 115 cm³/mol. The van der Waals surface area contributed by atoms with Crippen LogP contribution in [-0.4, -0.2) is 61.0 Å². The smallest absolute Gasteiger partial charge is 0.318 e. The lowest BCUT2D eigenvalue weighted by atomic mass is 9.87. The Hall–Kier alpha value is -2.93. The predicted octanol–water partition coefficient (Wildman–Crippen LogP) is 2.55. The summed E-state index contributed by atoms with van der Waals surface area (Å²) >= 11 is 0. The van der Waals surface area contributed by atoms with Gasteiger partial charge in [-0.2, -0.15) is 0 Å². The van der Waals surface area contributed by atoms with Gasteiger partial charge in [0.25, 0.3) is 5.91 Å². The quantitative estimate of drug-likeness (QED) is 0.799. The molecule has 2 unspecified atom stereocenters. The van der Waals surface area contributed by atoms with Crippen molar-refractivity contribution in [2.45, 2.75) is 24.9 Å². The fourth-order valence-electron chi connectivity index (χ4n) is 5.31. The van der Waals surface area contributed by atoms with Crippen molar-refractivity contribution in [1.29, 1.82) is 0 Å². The van der Waals surface area contributed by atoms with E-state index >= 15 is 0 Å². The summed E-state index contributed by atoms with van der Waals surface area (Å²) < 4.78 is 13.6. The lowest BCUT2D eigenvalue weighted by Gasteiger charge is -2.39. The van der Waals surface area contributed by atoms with Crippen molar-refractivity contribution in [3.63, 3.8) is 0 Å². The summed E-state index contributed by atoms with van der Waals surface area (Å²) in [5.74, 6) is 0.0364. The highest BCUT2D eigenvalue weighted by molar-refractivity contribution is 5.94. The molecule has 5 rings (SSSR count). The molecule has 2 N–H and O–H groups in total. The first-order valence-electron chi connectivity index (χ1n) is 10.9. The molecule has 3 amide bonds. The Balaban J connectivity index is 1.49. The van der Waals surface area contributed by atoms with Gasteiger partial charge in [0.2, 0.25) is 0 Å². The van der Waals surface area contributed by atoms with E-state index in [1.54, 1.807) is 19.2 Å². The van der Waals surface area contributed by atoms with Crippen LogP contribution in [0.2, 0.25) is 0 Å². The van der Waals surface area contributed by atoms with E-state index in [4.69, 9.17) is 0 Å². The fraction of sp³-hybridized carbons (Fsp3) is 0.417. The number of urea groups is 1. The van der Waals surface area contributed by atoms with Crippen LogP contribution in [0.15, 0.2) is 42.5 Å². The van der Waals surface area contributed by atoms with Crippen molar-refractivity contribution in [2.24, 2.45) is 5.92 Å². The van der Waals surface area contributed by atoms with E-state index in [1.807, 2.05) is 23.1 Å². The summed E-state index contributed by atoms with van der Waals surface area (Å²) in [6.45, 7) is 3.66. The van der Waals surface area contributed by atoms with Gasteiger partial charge in [0.05, 0.1) is 6.04 Å². The van der Waals surface area contributed by atoms with Gasteiger partial charge < -0.3 is 20.4 Å². The Morgan fingerprint density at radius 1 is 1.06 bits per heavy atom. The van der Waals surface area contributed by atoms with Gasteiger partial charge in [0.1, 0.15) is 5.82 Å². The van der Waals surface area contributed by atoms with E-state index < -0.39 is 0 Å². The molecular weight excluding hydrogens is 395 g/mol. The molecule has 162 valence electrons. The topological polar surface area (TPSA) is 64.7 Å². The molecule has 2 fully saturated rings. The van der Waals surface area contributed by atoms with Crippen LogP contribution in [0.3, 0.4) is 0 Å². The van der Waals surface area contributed by atoms with Crippen molar-refractivity contribution in [2.75, 3.05) is 33.2 Å². The van der Waals surface area contributed by atoms with E-state index in [9.17, 15) is 14.0 Å². The number of carbonyl (C=O) groups excluding carboxylic acids is 2. The van der Waals surface area contributed by atoms with Crippen LogP contribution in [0.4, 0.5) is 9.18 Å². The summed E-state index contributed by atoms with van der Waals surface area (Å²) in [5, 5.41) is 5.92. The van der Waals surface area contributed by atoms with Gasteiger partial charge in [-0.05, 0) is 66.3 Å². The highest BCUT2D eigenvalue weighted by atomic mass is 19.1. The highest BCUT2D eigenvalue weighted by Gasteiger charge is 2.40. The van der Waals surface area contributed by atoms with Gasteiger partial charge in [-0.3, -0.25) is 4.79 Å². The van der Waals surface area contributed by atoms with Crippen LogP contribution in [0.25, 0.3) is 0 Å². The van der Waals surface area contributed by atoms with Crippen LogP contribution in [0.5, 0.6) is 0 Å². The van der Waals surface area contributed by atoms with Crippen LogP contribution in [-0.2, 0) is 6.42 Å². The zero-order chi connectivity index (χ0) is 21.5. The zero-order valence-electron chi connectivity index (χ0n) is 17.6. The second-order valence-corrected chi connectivity index (χ2v) is 8.75. The van der Waals surface area contributed by atoms with Gasteiger partial charge in [-0.15, -0.1) is 0 Å². The molecule has 3 heterocycles. The second-order valence-electron chi connectivity index (χ2n) is 8.75. The molecule has 2 bridgehead atoms. The third kappa shape index (κ3) is 3.67. The van der Waals surface area contributed by atoms with Crippen molar-refractivity contribution in [1.82, 2.24) is 20.4 Å². The number of fused-ring (bicyclic) bond motifs is 3. The Morgan fingerprint density at radius 2 is 1.87 bits per heavy atom. The maximum Gasteiger partial charge on any atom is 0.318 e. The van der Waals surface area contributed by atoms with Gasteiger partial charge >= 0.3 is 6.03 Å². The highest BCUT2D eigenvalue weighted by Crippen LogP contribution is 2.36. The number of carbonyl (C=O) groups is 2. The van der Waals surface area contributed by atoms with Gasteiger partial charge in [0, 0.05) is 38.3 Å². The molecule has 6 nitrogen and oxygen atoms in total. The third-order valence-electron chi connectivity index (χ3n) is 6.95. The summed E-state index contributed by atoms with van der Waals surface area (Å²) in [4.78, 5) is 29.9. The zero-order valence-corrected chi connectivity index (χ0v) is 17.6. The number of hydrogen-bond donors (Lipinski definition) is 2. The molecule has 0 radical (unpaired) electrons. The molecule has 0 aliphatic carbocycles. The summed E-state index contributed by atoms with van der Waals surface area (Å²) in [6.07, 6.45) is 1.85. The summed E-state index contributed by atoms with van der Waals surface area (Å²) in [5.41, 5.74) is 3.42. The first-order valence-corrected chi connectivity index (χ1v) is 10.9. The number of amides is 3. The number of hydrogen-bond acceptors (Lipinski definition) is 3. The molecular formula is C24H27FN4O2. The Morgan fingerprint density at radius 3 is 2.55 bits per heavy atom. The van der Waals surface area contributed by atoms with Crippen LogP contribution in [0.1, 0.15) is 39.5 Å². The first kappa shape index (κ1) is 20.0. The number of halogens is 1. The minimum absolute atomic E-state index is 0.0935. The Bertz CT molecular complexity index is 1010. The lowest BCUT2D eigenvalue weighted by Crippen LogP contribution is -2.52. The monoisotopic (exact) mass is 422 g/mol. The first-order chi connectivity index (χ1) is 15.0. The molecule has 2 saturated heterocycles.